The van der Waals surface area contributed by atoms with E-state index >= 15 is 0 Å². The van der Waals surface area contributed by atoms with Gasteiger partial charge in [-0.1, -0.05) is 29.3 Å². The Balaban J connectivity index is 2.55. The third kappa shape index (κ3) is 3.16. The minimum atomic E-state index is -4.49. The van der Waals surface area contributed by atoms with Crippen LogP contribution in [0.3, 0.4) is 0 Å². The molecule has 0 saturated heterocycles. The average molecular weight is 322 g/mol. The number of halogens is 5. The molecule has 0 unspecified atom stereocenters. The molecule has 0 aliphatic heterocycles. The van der Waals surface area contributed by atoms with Crippen molar-refractivity contribution in [3.8, 4) is 17.0 Å². The largest absolute Gasteiger partial charge is 0.495 e. The van der Waals surface area contributed by atoms with Gasteiger partial charge in [0.2, 0.25) is 0 Å². The maximum Gasteiger partial charge on any atom is 0.416 e. The van der Waals surface area contributed by atoms with Crippen molar-refractivity contribution in [2.75, 3.05) is 7.11 Å². The topological polar surface area (TPSA) is 22.1 Å². The summed E-state index contributed by atoms with van der Waals surface area (Å²) >= 11 is 11.5. The smallest absolute Gasteiger partial charge is 0.416 e. The Labute approximate surface area is 123 Å². The van der Waals surface area contributed by atoms with Gasteiger partial charge in [0, 0.05) is 5.56 Å². The Hall–Kier alpha value is -1.46. The maximum absolute atomic E-state index is 12.7. The maximum atomic E-state index is 12.7. The SMILES string of the molecule is COc1cc(-c2cc(C(F)(F)F)cc(Cl)n2)ccc1Cl. The number of methoxy groups -OCH3 is 1. The van der Waals surface area contributed by atoms with E-state index in [4.69, 9.17) is 27.9 Å². The van der Waals surface area contributed by atoms with Gasteiger partial charge in [0.1, 0.15) is 10.9 Å². The van der Waals surface area contributed by atoms with E-state index in [1.54, 1.807) is 6.07 Å². The number of nitrogens with zero attached hydrogens (tertiary/aromatic N) is 1. The van der Waals surface area contributed by atoms with E-state index in [9.17, 15) is 13.2 Å². The molecule has 20 heavy (non-hydrogen) atoms. The second kappa shape index (κ2) is 5.50. The van der Waals surface area contributed by atoms with Crippen LogP contribution in [0.15, 0.2) is 30.3 Å². The van der Waals surface area contributed by atoms with Crippen molar-refractivity contribution in [3.63, 3.8) is 0 Å². The zero-order valence-corrected chi connectivity index (χ0v) is 11.6. The molecular weight excluding hydrogens is 314 g/mol. The Morgan fingerprint density at radius 3 is 2.40 bits per heavy atom. The molecule has 2 rings (SSSR count). The molecule has 0 N–H and O–H groups in total. The lowest BCUT2D eigenvalue weighted by molar-refractivity contribution is -0.137. The van der Waals surface area contributed by atoms with Gasteiger partial charge in [-0.25, -0.2) is 4.98 Å². The van der Waals surface area contributed by atoms with E-state index in [1.807, 2.05) is 0 Å². The molecular formula is C13H8Cl2F3NO. The number of rotatable bonds is 2. The van der Waals surface area contributed by atoms with Gasteiger partial charge < -0.3 is 4.74 Å². The summed E-state index contributed by atoms with van der Waals surface area (Å²) in [6.45, 7) is 0. The van der Waals surface area contributed by atoms with Crippen LogP contribution < -0.4 is 4.74 Å². The number of ether oxygens (including phenoxy) is 1. The molecule has 0 aliphatic carbocycles. The number of pyridine rings is 1. The number of benzene rings is 1. The Bertz CT molecular complexity index is 644. The van der Waals surface area contributed by atoms with Crippen molar-refractivity contribution in [1.29, 1.82) is 0 Å². The fourth-order valence-corrected chi connectivity index (χ4v) is 2.03. The molecule has 0 amide bonds. The van der Waals surface area contributed by atoms with Gasteiger partial charge in [-0.2, -0.15) is 13.2 Å². The molecule has 2 aromatic rings. The zero-order valence-electron chi connectivity index (χ0n) is 10.1. The van der Waals surface area contributed by atoms with E-state index in [2.05, 4.69) is 4.98 Å². The summed E-state index contributed by atoms with van der Waals surface area (Å²) in [6, 6.07) is 6.27. The predicted molar refractivity (Wildman–Crippen MR) is 71.2 cm³/mol. The first-order valence-corrected chi connectivity index (χ1v) is 6.15. The molecule has 0 aliphatic rings. The van der Waals surface area contributed by atoms with Crippen LogP contribution in [-0.2, 0) is 6.18 Å². The van der Waals surface area contributed by atoms with Crippen LogP contribution in [0.2, 0.25) is 10.2 Å². The summed E-state index contributed by atoms with van der Waals surface area (Å²) in [6.07, 6.45) is -4.49. The molecule has 0 spiro atoms. The van der Waals surface area contributed by atoms with Crippen LogP contribution in [0.5, 0.6) is 5.75 Å². The van der Waals surface area contributed by atoms with Crippen molar-refractivity contribution in [2.45, 2.75) is 6.18 Å². The molecule has 7 heteroatoms. The molecule has 2 nitrogen and oxygen atoms in total. The quantitative estimate of drug-likeness (QED) is 0.719. The summed E-state index contributed by atoms with van der Waals surface area (Å²) in [5.74, 6) is 0.347. The first-order chi connectivity index (χ1) is 9.31. The van der Waals surface area contributed by atoms with Crippen LogP contribution in [0.25, 0.3) is 11.3 Å². The third-order valence-electron chi connectivity index (χ3n) is 2.57. The van der Waals surface area contributed by atoms with Gasteiger partial charge in [-0.15, -0.1) is 0 Å². The van der Waals surface area contributed by atoms with Crippen molar-refractivity contribution in [2.24, 2.45) is 0 Å². The summed E-state index contributed by atoms with van der Waals surface area (Å²) in [7, 11) is 1.41. The minimum Gasteiger partial charge on any atom is -0.495 e. The fourth-order valence-electron chi connectivity index (χ4n) is 1.63. The molecule has 1 aromatic carbocycles. The van der Waals surface area contributed by atoms with Crippen molar-refractivity contribution in [1.82, 2.24) is 4.98 Å². The standard InChI is InChI=1S/C13H8Cl2F3NO/c1-20-11-4-7(2-3-9(11)14)10-5-8(13(16,17)18)6-12(15)19-10/h2-6H,1H3. The van der Waals surface area contributed by atoms with Gasteiger partial charge in [-0.3, -0.25) is 0 Å². The van der Waals surface area contributed by atoms with Crippen molar-refractivity contribution < 1.29 is 17.9 Å². The Morgan fingerprint density at radius 1 is 1.10 bits per heavy atom. The normalized spacial score (nSPS) is 11.5. The average Bonchev–Trinajstić information content (AvgIpc) is 2.37. The molecule has 0 radical (unpaired) electrons. The van der Waals surface area contributed by atoms with Crippen molar-refractivity contribution in [3.05, 3.63) is 46.1 Å². The highest BCUT2D eigenvalue weighted by molar-refractivity contribution is 6.32. The highest BCUT2D eigenvalue weighted by Crippen LogP contribution is 2.35. The van der Waals surface area contributed by atoms with E-state index < -0.39 is 11.7 Å². The second-order valence-corrected chi connectivity index (χ2v) is 4.71. The summed E-state index contributed by atoms with van der Waals surface area (Å²) in [5.41, 5.74) is -0.333. The van der Waals surface area contributed by atoms with E-state index in [-0.39, 0.29) is 10.8 Å². The molecule has 1 aromatic heterocycles. The van der Waals surface area contributed by atoms with Crippen LogP contribution in [0, 0.1) is 0 Å². The predicted octanol–water partition coefficient (Wildman–Crippen LogP) is 5.08. The summed E-state index contributed by atoms with van der Waals surface area (Å²) in [5, 5.41) is 0.123. The van der Waals surface area contributed by atoms with Crippen LogP contribution in [0.1, 0.15) is 5.56 Å². The molecule has 106 valence electrons. The van der Waals surface area contributed by atoms with Crippen molar-refractivity contribution >= 4 is 23.2 Å². The van der Waals surface area contributed by atoms with Crippen LogP contribution >= 0.6 is 23.2 Å². The van der Waals surface area contributed by atoms with Crippen LogP contribution in [-0.4, -0.2) is 12.1 Å². The number of hydrogen-bond acceptors (Lipinski definition) is 2. The Morgan fingerprint density at radius 2 is 1.80 bits per heavy atom. The molecule has 0 atom stereocenters. The minimum absolute atomic E-state index is 0.0970. The molecule has 1 heterocycles. The Kier molecular flexibility index (Phi) is 4.11. The first kappa shape index (κ1) is 14.9. The lowest BCUT2D eigenvalue weighted by Gasteiger charge is -2.10. The third-order valence-corrected chi connectivity index (χ3v) is 3.07. The second-order valence-electron chi connectivity index (χ2n) is 3.91. The van der Waals surface area contributed by atoms with E-state index in [0.717, 1.165) is 12.1 Å². The van der Waals surface area contributed by atoms with Crippen LogP contribution in [0.4, 0.5) is 13.2 Å². The number of hydrogen-bond donors (Lipinski definition) is 0. The first-order valence-electron chi connectivity index (χ1n) is 5.40. The number of alkyl halides is 3. The van der Waals surface area contributed by atoms with E-state index in [0.29, 0.717) is 16.3 Å². The van der Waals surface area contributed by atoms with Gasteiger partial charge in [0.15, 0.2) is 0 Å². The monoisotopic (exact) mass is 321 g/mol. The highest BCUT2D eigenvalue weighted by Gasteiger charge is 2.31. The summed E-state index contributed by atoms with van der Waals surface area (Å²) < 4.78 is 43.2. The molecule has 0 bridgehead atoms. The molecule has 0 saturated carbocycles. The zero-order chi connectivity index (χ0) is 14.9. The fraction of sp³-hybridized carbons (Fsp3) is 0.154. The van der Waals surface area contributed by atoms with Gasteiger partial charge in [0.05, 0.1) is 23.4 Å². The molecule has 0 fully saturated rings. The van der Waals surface area contributed by atoms with E-state index in [1.165, 1.54) is 19.2 Å². The van der Waals surface area contributed by atoms with Gasteiger partial charge in [0.25, 0.3) is 0 Å². The van der Waals surface area contributed by atoms with Gasteiger partial charge in [-0.05, 0) is 24.3 Å². The number of aromatic nitrogens is 1. The lowest BCUT2D eigenvalue weighted by Crippen LogP contribution is -2.05. The summed E-state index contributed by atoms with van der Waals surface area (Å²) in [4.78, 5) is 3.89. The van der Waals surface area contributed by atoms with Gasteiger partial charge >= 0.3 is 6.18 Å². The lowest BCUT2D eigenvalue weighted by atomic mass is 10.1. The highest BCUT2D eigenvalue weighted by atomic mass is 35.5.